The molecule has 9 heteroatoms. The summed E-state index contributed by atoms with van der Waals surface area (Å²) in [5, 5.41) is 12.2. The number of hydrogen-bond donors (Lipinski definition) is 2. The van der Waals surface area contributed by atoms with E-state index in [2.05, 4.69) is 29.0 Å². The summed E-state index contributed by atoms with van der Waals surface area (Å²) in [5.74, 6) is 1.06. The van der Waals surface area contributed by atoms with Gasteiger partial charge in [-0.25, -0.2) is 9.37 Å². The van der Waals surface area contributed by atoms with Gasteiger partial charge < -0.3 is 29.5 Å². The van der Waals surface area contributed by atoms with Crippen LogP contribution in [0.3, 0.4) is 0 Å². The lowest BCUT2D eigenvalue weighted by Crippen LogP contribution is -2.52. The highest BCUT2D eigenvalue weighted by atomic mass is 19.1. The fraction of sp³-hybridized carbons (Fsp3) is 0.739. The number of aliphatic hydroxyl groups is 1. The first-order valence-electron chi connectivity index (χ1n) is 11.4. The number of anilines is 1. The molecule has 3 rings (SSSR count). The van der Waals surface area contributed by atoms with Gasteiger partial charge in [-0.1, -0.05) is 13.8 Å². The van der Waals surface area contributed by atoms with E-state index < -0.39 is 6.67 Å². The largest absolute Gasteiger partial charge is 0.476 e. The molecule has 1 unspecified atom stereocenters. The number of aliphatic hydroxyl groups excluding tert-OH is 1. The van der Waals surface area contributed by atoms with Crippen molar-refractivity contribution in [1.82, 2.24) is 10.3 Å². The van der Waals surface area contributed by atoms with Crippen molar-refractivity contribution in [1.29, 1.82) is 0 Å². The summed E-state index contributed by atoms with van der Waals surface area (Å²) >= 11 is 0. The van der Waals surface area contributed by atoms with E-state index in [4.69, 9.17) is 14.2 Å². The van der Waals surface area contributed by atoms with Crippen LogP contribution in [0.4, 0.5) is 10.1 Å². The second-order valence-corrected chi connectivity index (χ2v) is 9.10. The molecule has 1 aliphatic heterocycles. The highest BCUT2D eigenvalue weighted by molar-refractivity contribution is 5.93. The van der Waals surface area contributed by atoms with Crippen molar-refractivity contribution in [3.05, 3.63) is 17.8 Å². The third kappa shape index (κ3) is 6.76. The van der Waals surface area contributed by atoms with Crippen molar-refractivity contribution in [3.8, 4) is 5.88 Å². The zero-order chi connectivity index (χ0) is 23.1. The normalized spacial score (nSPS) is 21.4. The molecule has 3 atom stereocenters. The van der Waals surface area contributed by atoms with Crippen molar-refractivity contribution in [3.63, 3.8) is 0 Å². The molecule has 32 heavy (non-hydrogen) atoms. The summed E-state index contributed by atoms with van der Waals surface area (Å²) in [6.07, 6.45) is 1.83. The Balaban J connectivity index is 1.68. The molecule has 8 nitrogen and oxygen atoms in total. The fourth-order valence-electron chi connectivity index (χ4n) is 3.89. The zero-order valence-corrected chi connectivity index (χ0v) is 19.3. The van der Waals surface area contributed by atoms with Crippen LogP contribution in [0.25, 0.3) is 0 Å². The van der Waals surface area contributed by atoms with Crippen LogP contribution in [0.5, 0.6) is 5.88 Å². The first-order chi connectivity index (χ1) is 15.4. The van der Waals surface area contributed by atoms with Gasteiger partial charge in [-0.15, -0.1) is 0 Å². The minimum absolute atomic E-state index is 0.0176. The molecule has 1 saturated carbocycles. The van der Waals surface area contributed by atoms with Crippen molar-refractivity contribution >= 4 is 11.6 Å². The van der Waals surface area contributed by atoms with Gasteiger partial charge in [0.15, 0.2) is 0 Å². The number of carbonyl (C=O) groups is 1. The number of pyridine rings is 1. The number of nitrogens with one attached hydrogen (secondary N) is 1. The van der Waals surface area contributed by atoms with Gasteiger partial charge in [0.05, 0.1) is 32.0 Å². The van der Waals surface area contributed by atoms with E-state index in [1.165, 1.54) is 0 Å². The van der Waals surface area contributed by atoms with Gasteiger partial charge >= 0.3 is 0 Å². The number of amides is 1. The Hall–Kier alpha value is -1.97. The Morgan fingerprint density at radius 1 is 1.34 bits per heavy atom. The molecule has 1 aromatic heterocycles. The summed E-state index contributed by atoms with van der Waals surface area (Å²) in [6.45, 7) is 5.96. The quantitative estimate of drug-likeness (QED) is 0.417. The van der Waals surface area contributed by atoms with Gasteiger partial charge in [-0.05, 0) is 42.7 Å². The number of halogens is 1. The van der Waals surface area contributed by atoms with E-state index in [0.717, 1.165) is 31.6 Å². The van der Waals surface area contributed by atoms with E-state index >= 15 is 0 Å². The summed E-state index contributed by atoms with van der Waals surface area (Å²) in [5.41, 5.74) is 1.10. The van der Waals surface area contributed by atoms with E-state index in [0.29, 0.717) is 24.3 Å². The number of rotatable bonds is 14. The maximum Gasteiger partial charge on any atom is 0.270 e. The second-order valence-electron chi connectivity index (χ2n) is 9.10. The van der Waals surface area contributed by atoms with Crippen LogP contribution in [0, 0.1) is 17.8 Å². The maximum absolute atomic E-state index is 12.9. The SMILES string of the molecule is COC1CN(c2ccc(C(=O)NC(COCCF)CC(C)C)nc2OC[C@H]2C[C@@H]2CO)C1. The Kier molecular flexibility index (Phi) is 9.07. The molecule has 0 bridgehead atoms. The van der Waals surface area contributed by atoms with Gasteiger partial charge in [0.1, 0.15) is 18.1 Å². The molecule has 2 fully saturated rings. The predicted molar refractivity (Wildman–Crippen MR) is 119 cm³/mol. The molecule has 0 spiro atoms. The van der Waals surface area contributed by atoms with E-state index in [1.54, 1.807) is 13.2 Å². The molecule has 2 N–H and O–H groups in total. The lowest BCUT2D eigenvalue weighted by molar-refractivity contribution is 0.0766. The van der Waals surface area contributed by atoms with Gasteiger partial charge in [-0.3, -0.25) is 4.79 Å². The number of nitrogens with zero attached hydrogens (tertiary/aromatic N) is 2. The lowest BCUT2D eigenvalue weighted by atomic mass is 10.0. The molecule has 1 aliphatic carbocycles. The number of aromatic nitrogens is 1. The third-order valence-electron chi connectivity index (χ3n) is 5.96. The highest BCUT2D eigenvalue weighted by Gasteiger charge is 2.37. The molecule has 0 aromatic carbocycles. The molecule has 1 amide bonds. The van der Waals surface area contributed by atoms with Crippen molar-refractivity contribution in [2.45, 2.75) is 38.8 Å². The predicted octanol–water partition coefficient (Wildman–Crippen LogP) is 2.05. The minimum atomic E-state index is -0.551. The average Bonchev–Trinajstić information content (AvgIpc) is 3.50. The topological polar surface area (TPSA) is 93.2 Å². The van der Waals surface area contributed by atoms with Crippen LogP contribution in [-0.4, -0.2) is 81.4 Å². The average molecular weight is 454 g/mol. The van der Waals surface area contributed by atoms with Crippen LogP contribution in [0.15, 0.2) is 12.1 Å². The first kappa shape index (κ1) is 24.7. The minimum Gasteiger partial charge on any atom is -0.476 e. The lowest BCUT2D eigenvalue weighted by Gasteiger charge is -2.40. The smallest absolute Gasteiger partial charge is 0.270 e. The van der Waals surface area contributed by atoms with Gasteiger partial charge in [0, 0.05) is 26.8 Å². The van der Waals surface area contributed by atoms with Crippen LogP contribution >= 0.6 is 0 Å². The van der Waals surface area contributed by atoms with Crippen molar-refractivity contribution in [2.75, 3.05) is 58.2 Å². The fourth-order valence-corrected chi connectivity index (χ4v) is 3.89. The van der Waals surface area contributed by atoms with Crippen LogP contribution < -0.4 is 15.0 Å². The summed E-state index contributed by atoms with van der Waals surface area (Å²) < 4.78 is 29.1. The molecule has 2 heterocycles. The van der Waals surface area contributed by atoms with Gasteiger partial charge in [0.2, 0.25) is 5.88 Å². The zero-order valence-electron chi connectivity index (χ0n) is 19.3. The van der Waals surface area contributed by atoms with Crippen LogP contribution in [0.2, 0.25) is 0 Å². The van der Waals surface area contributed by atoms with E-state index in [-0.39, 0.29) is 49.5 Å². The van der Waals surface area contributed by atoms with Gasteiger partial charge in [-0.2, -0.15) is 0 Å². The van der Waals surface area contributed by atoms with Crippen LogP contribution in [0.1, 0.15) is 37.2 Å². The van der Waals surface area contributed by atoms with E-state index in [9.17, 15) is 14.3 Å². The maximum atomic E-state index is 12.9. The molecule has 180 valence electrons. The molecular formula is C23H36FN3O5. The summed E-state index contributed by atoms with van der Waals surface area (Å²) in [7, 11) is 1.69. The molecule has 1 aromatic rings. The summed E-state index contributed by atoms with van der Waals surface area (Å²) in [6, 6.07) is 3.33. The standard InChI is InChI=1S/C23H36FN3O5/c1-15(2)8-18(14-31-7-6-24)25-22(29)20-4-5-21(27-10-19(11-27)30-3)23(26-20)32-13-17-9-16(17)12-28/h4-5,15-19,28H,6-14H2,1-3H3,(H,25,29)/t16-,17-,18?/m1/s1. The Bertz CT molecular complexity index is 744. The second kappa shape index (κ2) is 11.8. The van der Waals surface area contributed by atoms with Gasteiger partial charge in [0.25, 0.3) is 5.91 Å². The number of ether oxygens (including phenoxy) is 3. The highest BCUT2D eigenvalue weighted by Crippen LogP contribution is 2.39. The molecule has 0 radical (unpaired) electrons. The Labute approximate surface area is 189 Å². The monoisotopic (exact) mass is 453 g/mol. The molecule has 1 saturated heterocycles. The number of methoxy groups -OCH3 is 1. The number of alkyl halides is 1. The molecular weight excluding hydrogens is 417 g/mol. The van der Waals surface area contributed by atoms with Crippen molar-refractivity contribution in [2.24, 2.45) is 17.8 Å². The van der Waals surface area contributed by atoms with E-state index in [1.807, 2.05) is 6.07 Å². The number of hydrogen-bond acceptors (Lipinski definition) is 7. The summed E-state index contributed by atoms with van der Waals surface area (Å²) in [4.78, 5) is 19.5. The Morgan fingerprint density at radius 2 is 2.12 bits per heavy atom. The third-order valence-corrected chi connectivity index (χ3v) is 5.96. The molecule has 2 aliphatic rings. The Morgan fingerprint density at radius 3 is 2.75 bits per heavy atom. The number of carbonyl (C=O) groups excluding carboxylic acids is 1. The van der Waals surface area contributed by atoms with Crippen molar-refractivity contribution < 1.29 is 28.5 Å². The van der Waals surface area contributed by atoms with Crippen LogP contribution in [-0.2, 0) is 9.47 Å². The first-order valence-corrected chi connectivity index (χ1v) is 11.4.